The lowest BCUT2D eigenvalue weighted by molar-refractivity contribution is 1.24. The molecule has 4 rings (SSSR count). The van der Waals surface area contributed by atoms with Crippen molar-refractivity contribution in [2.45, 2.75) is 0 Å². The first-order chi connectivity index (χ1) is 12.9. The second-order valence-electron chi connectivity index (χ2n) is 5.54. The molecule has 4 heterocycles. The minimum Gasteiger partial charge on any atom is -0.255 e. The first kappa shape index (κ1) is 15.7. The number of nitrogens with zero attached hydrogens (tertiary/aromatic N) is 4. The van der Waals surface area contributed by atoms with Gasteiger partial charge in [0.2, 0.25) is 0 Å². The van der Waals surface area contributed by atoms with Crippen molar-refractivity contribution >= 4 is 0 Å². The van der Waals surface area contributed by atoms with Crippen molar-refractivity contribution in [2.24, 2.45) is 0 Å². The van der Waals surface area contributed by atoms with Gasteiger partial charge in [-0.25, -0.2) is 0 Å². The smallest absolute Gasteiger partial charge is 0.0887 e. The van der Waals surface area contributed by atoms with E-state index < -0.39 is 0 Å². The Balaban J connectivity index is 1.51. The predicted octanol–water partition coefficient (Wildman–Crippen LogP) is 4.00. The predicted molar refractivity (Wildman–Crippen MR) is 101 cm³/mol. The minimum absolute atomic E-state index is 0.831. The molecular weight excluding hydrogens is 320 g/mol. The van der Waals surface area contributed by atoms with Gasteiger partial charge in [0, 0.05) is 35.9 Å². The molecule has 26 heavy (non-hydrogen) atoms. The average molecular weight is 334 g/mol. The monoisotopic (exact) mass is 334 g/mol. The van der Waals surface area contributed by atoms with Crippen molar-refractivity contribution < 1.29 is 0 Å². The van der Waals surface area contributed by atoms with Gasteiger partial charge in [-0.3, -0.25) is 19.9 Å². The molecule has 0 bridgehead atoms. The summed E-state index contributed by atoms with van der Waals surface area (Å²) in [6.07, 6.45) is 7.03. The Morgan fingerprint density at radius 1 is 0.462 bits per heavy atom. The van der Waals surface area contributed by atoms with Crippen LogP contribution in [0.2, 0.25) is 0 Å². The van der Waals surface area contributed by atoms with Gasteiger partial charge < -0.3 is 0 Å². The summed E-state index contributed by atoms with van der Waals surface area (Å²) in [6.45, 7) is 0. The highest BCUT2D eigenvalue weighted by Crippen LogP contribution is 2.14. The molecule has 122 valence electrons. The normalized spacial score (nSPS) is 10.0. The number of hydrogen-bond acceptors (Lipinski definition) is 4. The Labute approximate surface area is 151 Å². The molecule has 0 N–H and O–H groups in total. The summed E-state index contributed by atoms with van der Waals surface area (Å²) < 4.78 is 0. The standard InChI is InChI=1S/C22H14N4/c1-3-13-23-19(5-1)21-11-9-17(15-25-21)7-8-18-10-12-22(26-16-18)20-6-2-4-14-24-20/h1-6,9-16H. The van der Waals surface area contributed by atoms with Crippen LogP contribution in [0.1, 0.15) is 11.1 Å². The number of rotatable bonds is 2. The molecule has 0 saturated carbocycles. The fourth-order valence-corrected chi connectivity index (χ4v) is 2.41. The largest absolute Gasteiger partial charge is 0.255 e. The van der Waals surface area contributed by atoms with Crippen molar-refractivity contribution in [3.63, 3.8) is 0 Å². The third-order valence-corrected chi connectivity index (χ3v) is 3.73. The molecule has 0 aliphatic rings. The van der Waals surface area contributed by atoms with Crippen molar-refractivity contribution in [3.8, 4) is 34.6 Å². The van der Waals surface area contributed by atoms with E-state index in [1.54, 1.807) is 24.8 Å². The molecule has 0 spiro atoms. The Morgan fingerprint density at radius 2 is 0.923 bits per heavy atom. The van der Waals surface area contributed by atoms with E-state index in [0.29, 0.717) is 0 Å². The van der Waals surface area contributed by atoms with Crippen LogP contribution in [0.3, 0.4) is 0 Å². The fraction of sp³-hybridized carbons (Fsp3) is 0. The second kappa shape index (κ2) is 7.37. The summed E-state index contributed by atoms with van der Waals surface area (Å²) in [4.78, 5) is 17.4. The second-order valence-corrected chi connectivity index (χ2v) is 5.54. The number of pyridine rings is 4. The summed E-state index contributed by atoms with van der Waals surface area (Å²) in [6, 6.07) is 19.3. The van der Waals surface area contributed by atoms with E-state index in [2.05, 4.69) is 31.8 Å². The van der Waals surface area contributed by atoms with Gasteiger partial charge in [0.05, 0.1) is 22.8 Å². The lowest BCUT2D eigenvalue weighted by atomic mass is 10.2. The summed E-state index contributed by atoms with van der Waals surface area (Å²) in [5.41, 5.74) is 5.05. The van der Waals surface area contributed by atoms with Gasteiger partial charge in [-0.05, 0) is 48.5 Å². The quantitative estimate of drug-likeness (QED) is 0.520. The van der Waals surface area contributed by atoms with Crippen LogP contribution in [0.5, 0.6) is 0 Å². The Morgan fingerprint density at radius 3 is 1.27 bits per heavy atom. The van der Waals surface area contributed by atoms with Crippen LogP contribution in [0.4, 0.5) is 0 Å². The van der Waals surface area contributed by atoms with E-state index in [1.165, 1.54) is 0 Å². The first-order valence-electron chi connectivity index (χ1n) is 8.15. The maximum Gasteiger partial charge on any atom is 0.0887 e. The molecule has 0 aliphatic carbocycles. The van der Waals surface area contributed by atoms with E-state index in [4.69, 9.17) is 0 Å². The highest BCUT2D eigenvalue weighted by atomic mass is 14.8. The maximum atomic E-state index is 4.43. The van der Waals surface area contributed by atoms with Crippen molar-refractivity contribution in [2.75, 3.05) is 0 Å². The topological polar surface area (TPSA) is 51.6 Å². The Bertz CT molecular complexity index is 959. The zero-order chi connectivity index (χ0) is 17.6. The molecule has 0 fully saturated rings. The Kier molecular flexibility index (Phi) is 4.44. The van der Waals surface area contributed by atoms with Gasteiger partial charge in [0.15, 0.2) is 0 Å². The summed E-state index contributed by atoms with van der Waals surface area (Å²) >= 11 is 0. The van der Waals surface area contributed by atoms with E-state index in [-0.39, 0.29) is 0 Å². The summed E-state index contributed by atoms with van der Waals surface area (Å²) in [5.74, 6) is 6.22. The Hall–Kier alpha value is -3.84. The van der Waals surface area contributed by atoms with Crippen LogP contribution >= 0.6 is 0 Å². The zero-order valence-electron chi connectivity index (χ0n) is 13.9. The van der Waals surface area contributed by atoms with Gasteiger partial charge in [-0.2, -0.15) is 0 Å². The third-order valence-electron chi connectivity index (χ3n) is 3.73. The van der Waals surface area contributed by atoms with Gasteiger partial charge in [-0.15, -0.1) is 0 Å². The van der Waals surface area contributed by atoms with Crippen molar-refractivity contribution in [1.82, 2.24) is 19.9 Å². The van der Waals surface area contributed by atoms with Gasteiger partial charge >= 0.3 is 0 Å². The van der Waals surface area contributed by atoms with E-state index in [9.17, 15) is 0 Å². The van der Waals surface area contributed by atoms with Crippen LogP contribution in [0.25, 0.3) is 22.8 Å². The molecule has 0 saturated heterocycles. The maximum absolute atomic E-state index is 4.43. The van der Waals surface area contributed by atoms with Crippen LogP contribution in [-0.4, -0.2) is 19.9 Å². The number of hydrogen-bond donors (Lipinski definition) is 0. The molecule has 0 amide bonds. The van der Waals surface area contributed by atoms with Crippen LogP contribution in [0.15, 0.2) is 85.5 Å². The van der Waals surface area contributed by atoms with Crippen molar-refractivity contribution in [3.05, 3.63) is 96.6 Å². The van der Waals surface area contributed by atoms with Gasteiger partial charge in [0.1, 0.15) is 0 Å². The van der Waals surface area contributed by atoms with E-state index in [1.807, 2.05) is 60.7 Å². The summed E-state index contributed by atoms with van der Waals surface area (Å²) in [5, 5.41) is 0. The van der Waals surface area contributed by atoms with Gasteiger partial charge in [-0.1, -0.05) is 24.0 Å². The SMILES string of the molecule is C(#Cc1ccc(-c2ccccn2)nc1)c1ccc(-c2ccccn2)nc1. The molecular formula is C22H14N4. The third kappa shape index (κ3) is 3.63. The van der Waals surface area contributed by atoms with E-state index >= 15 is 0 Å². The highest BCUT2D eigenvalue weighted by Gasteiger charge is 2.00. The molecule has 4 aromatic rings. The van der Waals surface area contributed by atoms with Crippen LogP contribution in [-0.2, 0) is 0 Å². The zero-order valence-corrected chi connectivity index (χ0v) is 13.9. The van der Waals surface area contributed by atoms with Crippen LogP contribution in [0, 0.1) is 11.8 Å². The van der Waals surface area contributed by atoms with Crippen LogP contribution < -0.4 is 0 Å². The molecule has 0 aliphatic heterocycles. The highest BCUT2D eigenvalue weighted by molar-refractivity contribution is 5.56. The lowest BCUT2D eigenvalue weighted by Gasteiger charge is -1.99. The van der Waals surface area contributed by atoms with Crippen molar-refractivity contribution in [1.29, 1.82) is 0 Å². The fourth-order valence-electron chi connectivity index (χ4n) is 2.41. The lowest BCUT2D eigenvalue weighted by Crippen LogP contribution is -1.88. The molecule has 0 unspecified atom stereocenters. The molecule has 0 radical (unpaired) electrons. The van der Waals surface area contributed by atoms with Gasteiger partial charge in [0.25, 0.3) is 0 Å². The minimum atomic E-state index is 0.831. The molecule has 4 aromatic heterocycles. The number of aromatic nitrogens is 4. The molecule has 0 atom stereocenters. The molecule has 4 nitrogen and oxygen atoms in total. The molecule has 4 heteroatoms. The molecule has 0 aromatic carbocycles. The first-order valence-corrected chi connectivity index (χ1v) is 8.15. The van der Waals surface area contributed by atoms with E-state index in [0.717, 1.165) is 33.9 Å². The average Bonchev–Trinajstić information content (AvgIpc) is 2.74. The summed E-state index contributed by atoms with van der Waals surface area (Å²) in [7, 11) is 0.